The molecule has 2 aromatic heterocycles. The Kier molecular flexibility index (Phi) is 4.12. The van der Waals surface area contributed by atoms with Gasteiger partial charge in [0.25, 0.3) is 0 Å². The molecule has 0 aromatic carbocycles. The van der Waals surface area contributed by atoms with Crippen LogP contribution in [-0.4, -0.2) is 43.9 Å². The number of anilines is 1. The van der Waals surface area contributed by atoms with Gasteiger partial charge in [0.15, 0.2) is 0 Å². The van der Waals surface area contributed by atoms with Gasteiger partial charge >= 0.3 is 5.97 Å². The Hall–Kier alpha value is -2.29. The molecule has 0 bridgehead atoms. The smallest absolute Gasteiger partial charge is 0.338 e. The normalized spacial score (nSPS) is 17.0. The lowest BCUT2D eigenvalue weighted by Gasteiger charge is -2.26. The molecule has 1 aliphatic heterocycles. The van der Waals surface area contributed by atoms with Gasteiger partial charge in [0, 0.05) is 24.0 Å². The predicted molar refractivity (Wildman–Crippen MR) is 86.2 cm³/mol. The first-order valence-electron chi connectivity index (χ1n) is 7.18. The summed E-state index contributed by atoms with van der Waals surface area (Å²) in [5.74, 6) is 0.213. The molecule has 0 unspecified atom stereocenters. The zero-order valence-electron chi connectivity index (χ0n) is 13.4. The van der Waals surface area contributed by atoms with Gasteiger partial charge in [-0.15, -0.1) is 5.10 Å². The van der Waals surface area contributed by atoms with Crippen LogP contribution in [0.4, 0.5) is 5.95 Å². The minimum Gasteiger partial charge on any atom is -0.466 e. The lowest BCUT2D eigenvalue weighted by atomic mass is 9.98. The van der Waals surface area contributed by atoms with Crippen LogP contribution in [0.2, 0.25) is 0 Å². The van der Waals surface area contributed by atoms with Gasteiger partial charge in [0.2, 0.25) is 11.1 Å². The van der Waals surface area contributed by atoms with Crippen LogP contribution in [0.1, 0.15) is 25.5 Å². The summed E-state index contributed by atoms with van der Waals surface area (Å²) < 4.78 is 8.49. The van der Waals surface area contributed by atoms with Crippen molar-refractivity contribution in [2.45, 2.75) is 31.6 Å². The van der Waals surface area contributed by atoms with Gasteiger partial charge in [-0.1, -0.05) is 11.8 Å². The number of nitrogens with one attached hydrogen (secondary N) is 1. The first-order valence-corrected chi connectivity index (χ1v) is 8.40. The van der Waals surface area contributed by atoms with Crippen molar-refractivity contribution in [3.8, 4) is 0 Å². The maximum Gasteiger partial charge on any atom is 0.338 e. The van der Waals surface area contributed by atoms with E-state index in [1.807, 2.05) is 31.0 Å². The van der Waals surface area contributed by atoms with E-state index in [0.29, 0.717) is 22.4 Å². The number of aryl methyl sites for hydroxylation is 1. The topological polar surface area (TPSA) is 86.9 Å². The standard InChI is InChI=1S/C14H18N6O2S/c1-5-19-7-9(6-15-19)11-10(12(21)22-3)8(2)16-13-17-14(23-4)18-20(11)13/h6-7,11H,5H2,1-4H3,(H,16,17,18)/t11-/m1/s1. The Bertz CT molecular complexity index is 778. The first-order chi connectivity index (χ1) is 11.1. The number of hydrogen-bond acceptors (Lipinski definition) is 7. The van der Waals surface area contributed by atoms with Crippen LogP contribution in [0.3, 0.4) is 0 Å². The summed E-state index contributed by atoms with van der Waals surface area (Å²) in [7, 11) is 1.37. The third kappa shape index (κ3) is 2.61. The zero-order valence-corrected chi connectivity index (χ0v) is 14.2. The third-order valence-corrected chi connectivity index (χ3v) is 4.25. The number of esters is 1. The Morgan fingerprint density at radius 2 is 2.30 bits per heavy atom. The third-order valence-electron chi connectivity index (χ3n) is 3.71. The summed E-state index contributed by atoms with van der Waals surface area (Å²) >= 11 is 1.45. The molecule has 0 aliphatic carbocycles. The number of ether oxygens (including phenoxy) is 1. The van der Waals surface area contributed by atoms with Gasteiger partial charge in [-0.2, -0.15) is 10.1 Å². The highest BCUT2D eigenvalue weighted by Crippen LogP contribution is 2.36. The molecule has 122 valence electrons. The Labute approximate surface area is 137 Å². The van der Waals surface area contributed by atoms with Crippen molar-refractivity contribution in [2.24, 2.45) is 0 Å². The number of thioether (sulfide) groups is 1. The highest BCUT2D eigenvalue weighted by atomic mass is 32.2. The van der Waals surface area contributed by atoms with Crippen LogP contribution < -0.4 is 5.32 Å². The SMILES string of the molecule is CCn1cc([C@@H]2C(C(=O)OC)=C(C)Nc3nc(SC)nn32)cn1. The van der Waals surface area contributed by atoms with Crippen LogP contribution in [-0.2, 0) is 16.1 Å². The van der Waals surface area contributed by atoms with E-state index in [1.54, 1.807) is 10.9 Å². The van der Waals surface area contributed by atoms with Gasteiger partial charge in [-0.3, -0.25) is 4.68 Å². The van der Waals surface area contributed by atoms with Crippen LogP contribution in [0, 0.1) is 0 Å². The van der Waals surface area contributed by atoms with E-state index in [4.69, 9.17) is 4.74 Å². The van der Waals surface area contributed by atoms with E-state index in [0.717, 1.165) is 12.1 Å². The number of allylic oxidation sites excluding steroid dienone is 1. The van der Waals surface area contributed by atoms with Gasteiger partial charge in [0.05, 0.1) is 18.9 Å². The molecular formula is C14H18N6O2S. The van der Waals surface area contributed by atoms with Crippen LogP contribution >= 0.6 is 11.8 Å². The van der Waals surface area contributed by atoms with Crippen molar-refractivity contribution in [3.63, 3.8) is 0 Å². The molecule has 0 spiro atoms. The fourth-order valence-corrected chi connectivity index (χ4v) is 2.94. The second-order valence-electron chi connectivity index (χ2n) is 5.05. The molecule has 1 N–H and O–H groups in total. The average Bonchev–Trinajstić information content (AvgIpc) is 3.18. The van der Waals surface area contributed by atoms with Gasteiger partial charge in [-0.25, -0.2) is 9.48 Å². The van der Waals surface area contributed by atoms with Crippen molar-refractivity contribution >= 4 is 23.7 Å². The van der Waals surface area contributed by atoms with E-state index in [-0.39, 0.29) is 0 Å². The number of methoxy groups -OCH3 is 1. The van der Waals surface area contributed by atoms with E-state index in [9.17, 15) is 4.79 Å². The molecule has 23 heavy (non-hydrogen) atoms. The molecule has 0 saturated carbocycles. The Morgan fingerprint density at radius 1 is 1.52 bits per heavy atom. The molecule has 0 amide bonds. The average molecular weight is 334 g/mol. The highest BCUT2D eigenvalue weighted by Gasteiger charge is 2.35. The predicted octanol–water partition coefficient (Wildman–Crippen LogP) is 1.68. The summed E-state index contributed by atoms with van der Waals surface area (Å²) in [6, 6.07) is -0.410. The quantitative estimate of drug-likeness (QED) is 0.672. The molecule has 0 fully saturated rings. The first kappa shape index (κ1) is 15.6. The second-order valence-corrected chi connectivity index (χ2v) is 5.83. The molecule has 8 nitrogen and oxygen atoms in total. The maximum absolute atomic E-state index is 12.3. The number of carbonyl (C=O) groups is 1. The molecule has 2 aromatic rings. The summed E-state index contributed by atoms with van der Waals surface area (Å²) in [4.78, 5) is 16.7. The molecular weight excluding hydrogens is 316 g/mol. The van der Waals surface area contributed by atoms with E-state index < -0.39 is 12.0 Å². The largest absolute Gasteiger partial charge is 0.466 e. The van der Waals surface area contributed by atoms with Crippen molar-refractivity contribution in [1.82, 2.24) is 24.5 Å². The fraction of sp³-hybridized carbons (Fsp3) is 0.429. The Balaban J connectivity index is 2.16. The minimum atomic E-state index is -0.410. The van der Waals surface area contributed by atoms with E-state index >= 15 is 0 Å². The van der Waals surface area contributed by atoms with Crippen LogP contribution in [0.15, 0.2) is 28.8 Å². The summed E-state index contributed by atoms with van der Waals surface area (Å²) in [5.41, 5.74) is 2.08. The van der Waals surface area contributed by atoms with Crippen molar-refractivity contribution in [2.75, 3.05) is 18.7 Å². The fourth-order valence-electron chi connectivity index (χ4n) is 2.59. The summed E-state index contributed by atoms with van der Waals surface area (Å²) in [6.45, 7) is 4.59. The molecule has 1 aliphatic rings. The minimum absolute atomic E-state index is 0.392. The number of hydrogen-bond donors (Lipinski definition) is 1. The zero-order chi connectivity index (χ0) is 16.6. The summed E-state index contributed by atoms with van der Waals surface area (Å²) in [5, 5.41) is 12.6. The van der Waals surface area contributed by atoms with Crippen molar-refractivity contribution in [3.05, 3.63) is 29.2 Å². The number of nitrogens with zero attached hydrogens (tertiary/aromatic N) is 5. The number of rotatable bonds is 4. The lowest BCUT2D eigenvalue weighted by Crippen LogP contribution is -2.29. The van der Waals surface area contributed by atoms with Gasteiger partial charge in [-0.05, 0) is 20.1 Å². The van der Waals surface area contributed by atoms with Crippen LogP contribution in [0.25, 0.3) is 0 Å². The molecule has 3 heterocycles. The molecule has 3 rings (SSSR count). The number of aromatic nitrogens is 5. The maximum atomic E-state index is 12.3. The monoisotopic (exact) mass is 334 g/mol. The molecule has 0 saturated heterocycles. The van der Waals surface area contributed by atoms with Crippen molar-refractivity contribution < 1.29 is 9.53 Å². The number of carbonyl (C=O) groups excluding carboxylic acids is 1. The second kappa shape index (κ2) is 6.07. The molecule has 1 atom stereocenters. The van der Waals surface area contributed by atoms with Gasteiger partial charge in [0.1, 0.15) is 6.04 Å². The molecule has 9 heteroatoms. The van der Waals surface area contributed by atoms with E-state index in [2.05, 4.69) is 20.5 Å². The summed E-state index contributed by atoms with van der Waals surface area (Å²) in [6.07, 6.45) is 5.57. The van der Waals surface area contributed by atoms with E-state index in [1.165, 1.54) is 18.9 Å². The van der Waals surface area contributed by atoms with Gasteiger partial charge < -0.3 is 10.1 Å². The van der Waals surface area contributed by atoms with Crippen molar-refractivity contribution in [1.29, 1.82) is 0 Å². The Morgan fingerprint density at radius 3 is 2.91 bits per heavy atom. The molecule has 0 radical (unpaired) electrons. The lowest BCUT2D eigenvalue weighted by molar-refractivity contribution is -0.136. The number of fused-ring (bicyclic) bond motifs is 1. The highest BCUT2D eigenvalue weighted by molar-refractivity contribution is 7.98. The van der Waals surface area contributed by atoms with Crippen LogP contribution in [0.5, 0.6) is 0 Å².